The van der Waals surface area contributed by atoms with Crippen molar-refractivity contribution in [2.24, 2.45) is 0 Å². The summed E-state index contributed by atoms with van der Waals surface area (Å²) in [5, 5.41) is 1.31. The number of hydrogen-bond acceptors (Lipinski definition) is 6. The molecule has 0 radical (unpaired) electrons. The zero-order valence-corrected chi connectivity index (χ0v) is 17.3. The van der Waals surface area contributed by atoms with Crippen LogP contribution in [0.4, 0.5) is 0 Å². The van der Waals surface area contributed by atoms with Crippen LogP contribution in [0.1, 0.15) is 15.9 Å². The number of nitrogens with zero attached hydrogens (tertiary/aromatic N) is 1. The van der Waals surface area contributed by atoms with E-state index >= 15 is 0 Å². The Morgan fingerprint density at radius 3 is 2.61 bits per heavy atom. The first kappa shape index (κ1) is 20.2. The van der Waals surface area contributed by atoms with E-state index in [4.69, 9.17) is 33.3 Å². The molecule has 1 N–H and O–H groups in total. The summed E-state index contributed by atoms with van der Waals surface area (Å²) in [6, 6.07) is 11.9. The third kappa shape index (κ3) is 3.99. The van der Waals surface area contributed by atoms with E-state index in [-0.39, 0.29) is 14.9 Å². The normalized spacial score (nSPS) is 15.1. The van der Waals surface area contributed by atoms with E-state index in [1.807, 2.05) is 0 Å². The summed E-state index contributed by atoms with van der Waals surface area (Å²) in [4.78, 5) is 25.5. The third-order valence-corrected chi connectivity index (χ3v) is 5.48. The molecule has 144 valence electrons. The van der Waals surface area contributed by atoms with Gasteiger partial charge in [0.05, 0.1) is 29.7 Å². The lowest BCUT2D eigenvalue weighted by molar-refractivity contribution is -0.123. The first-order valence-electron chi connectivity index (χ1n) is 8.00. The predicted molar refractivity (Wildman–Crippen MR) is 113 cm³/mol. The van der Waals surface area contributed by atoms with E-state index in [9.17, 15) is 9.59 Å². The fourth-order valence-electron chi connectivity index (χ4n) is 2.54. The lowest BCUT2D eigenvalue weighted by Crippen LogP contribution is -2.44. The molecule has 0 atom stereocenters. The van der Waals surface area contributed by atoms with Crippen molar-refractivity contribution in [1.29, 1.82) is 0 Å². The van der Waals surface area contributed by atoms with Gasteiger partial charge in [0.15, 0.2) is 15.8 Å². The van der Waals surface area contributed by atoms with Crippen molar-refractivity contribution in [3.05, 3.63) is 63.5 Å². The summed E-state index contributed by atoms with van der Waals surface area (Å²) in [7, 11) is 3.05. The van der Waals surface area contributed by atoms with Crippen LogP contribution >= 0.6 is 35.6 Å². The molecule has 6 nitrogen and oxygen atoms in total. The molecular formula is C19H15ClN2O4S2. The summed E-state index contributed by atoms with van der Waals surface area (Å²) >= 11 is 12.4. The molecule has 1 aliphatic rings. The SMILES string of the molecule is COc1cccc(C=C2SC(=S)N(NC(=O)c3ccccc3Cl)C2=O)c1OC. The van der Waals surface area contributed by atoms with Crippen LogP contribution in [-0.4, -0.2) is 35.4 Å². The third-order valence-electron chi connectivity index (χ3n) is 3.85. The van der Waals surface area contributed by atoms with Crippen molar-refractivity contribution < 1.29 is 19.1 Å². The number of nitrogens with one attached hydrogen (secondary N) is 1. The van der Waals surface area contributed by atoms with Gasteiger partial charge in [-0.2, -0.15) is 5.01 Å². The molecule has 0 bridgehead atoms. The Balaban J connectivity index is 1.85. The fraction of sp³-hybridized carbons (Fsp3) is 0.105. The van der Waals surface area contributed by atoms with Crippen molar-refractivity contribution in [1.82, 2.24) is 10.4 Å². The summed E-state index contributed by atoms with van der Waals surface area (Å²) in [5.74, 6) is 0.0662. The highest BCUT2D eigenvalue weighted by Gasteiger charge is 2.34. The summed E-state index contributed by atoms with van der Waals surface area (Å²) in [6.07, 6.45) is 1.64. The Labute approximate surface area is 176 Å². The monoisotopic (exact) mass is 434 g/mol. The van der Waals surface area contributed by atoms with Gasteiger partial charge in [-0.1, -0.05) is 47.6 Å². The molecule has 3 rings (SSSR count). The molecule has 1 aliphatic heterocycles. The van der Waals surface area contributed by atoms with Gasteiger partial charge in [-0.3, -0.25) is 15.0 Å². The van der Waals surface area contributed by atoms with E-state index in [0.29, 0.717) is 22.0 Å². The van der Waals surface area contributed by atoms with E-state index in [1.165, 1.54) is 14.2 Å². The molecular weight excluding hydrogens is 420 g/mol. The van der Waals surface area contributed by atoms with Crippen LogP contribution in [0.25, 0.3) is 6.08 Å². The second-order valence-corrected chi connectivity index (χ2v) is 7.60. The smallest absolute Gasteiger partial charge is 0.285 e. The number of hydrazine groups is 1. The highest BCUT2D eigenvalue weighted by molar-refractivity contribution is 8.26. The van der Waals surface area contributed by atoms with Crippen molar-refractivity contribution in [3.63, 3.8) is 0 Å². The van der Waals surface area contributed by atoms with E-state index < -0.39 is 11.8 Å². The molecule has 2 aromatic carbocycles. The number of hydrogen-bond donors (Lipinski definition) is 1. The number of carbonyl (C=O) groups excluding carboxylic acids is 2. The van der Waals surface area contributed by atoms with Crippen LogP contribution in [0.2, 0.25) is 5.02 Å². The molecule has 0 aromatic heterocycles. The average molecular weight is 435 g/mol. The second-order valence-electron chi connectivity index (χ2n) is 5.52. The largest absolute Gasteiger partial charge is 0.493 e. The van der Waals surface area contributed by atoms with Crippen molar-refractivity contribution in [2.45, 2.75) is 0 Å². The zero-order chi connectivity index (χ0) is 20.3. The lowest BCUT2D eigenvalue weighted by atomic mass is 10.1. The summed E-state index contributed by atoms with van der Waals surface area (Å²) in [5.41, 5.74) is 3.40. The van der Waals surface area contributed by atoms with Crippen molar-refractivity contribution >= 4 is 57.8 Å². The van der Waals surface area contributed by atoms with Gasteiger partial charge in [0.1, 0.15) is 0 Å². The van der Waals surface area contributed by atoms with E-state index in [0.717, 1.165) is 16.8 Å². The Hall–Kier alpha value is -2.55. The maximum atomic E-state index is 12.8. The molecule has 1 fully saturated rings. The van der Waals surface area contributed by atoms with Crippen LogP contribution in [0.3, 0.4) is 0 Å². The van der Waals surface area contributed by atoms with Gasteiger partial charge >= 0.3 is 0 Å². The fourth-order valence-corrected chi connectivity index (χ4v) is 3.93. The topological polar surface area (TPSA) is 67.9 Å². The van der Waals surface area contributed by atoms with Gasteiger partial charge in [-0.25, -0.2) is 0 Å². The number of benzene rings is 2. The maximum Gasteiger partial charge on any atom is 0.285 e. The van der Waals surface area contributed by atoms with Gasteiger partial charge in [-0.05, 0) is 36.5 Å². The summed E-state index contributed by atoms with van der Waals surface area (Å²) in [6.45, 7) is 0. The minimum atomic E-state index is -0.526. The number of halogens is 1. The minimum Gasteiger partial charge on any atom is -0.493 e. The van der Waals surface area contributed by atoms with E-state index in [2.05, 4.69) is 5.43 Å². The first-order valence-corrected chi connectivity index (χ1v) is 9.61. The number of para-hydroxylation sites is 1. The number of methoxy groups -OCH3 is 2. The predicted octanol–water partition coefficient (Wildman–Crippen LogP) is 3.90. The Bertz CT molecular complexity index is 994. The molecule has 28 heavy (non-hydrogen) atoms. The lowest BCUT2D eigenvalue weighted by Gasteiger charge is -2.16. The number of carbonyl (C=O) groups is 2. The number of ether oxygens (including phenoxy) is 2. The first-order chi connectivity index (χ1) is 13.5. The van der Waals surface area contributed by atoms with Crippen molar-refractivity contribution in [3.8, 4) is 11.5 Å². The number of amides is 2. The average Bonchev–Trinajstić information content (AvgIpc) is 2.95. The molecule has 2 amide bonds. The van der Waals surface area contributed by atoms with Crippen LogP contribution in [0.5, 0.6) is 11.5 Å². The molecule has 1 heterocycles. The van der Waals surface area contributed by atoms with Crippen LogP contribution < -0.4 is 14.9 Å². The zero-order valence-electron chi connectivity index (χ0n) is 14.9. The molecule has 0 unspecified atom stereocenters. The highest BCUT2D eigenvalue weighted by Crippen LogP contribution is 2.36. The minimum absolute atomic E-state index is 0.207. The number of rotatable bonds is 5. The van der Waals surface area contributed by atoms with Crippen molar-refractivity contribution in [2.75, 3.05) is 14.2 Å². The molecule has 1 saturated heterocycles. The van der Waals surface area contributed by atoms with Gasteiger partial charge in [-0.15, -0.1) is 0 Å². The van der Waals surface area contributed by atoms with E-state index in [1.54, 1.807) is 48.5 Å². The van der Waals surface area contributed by atoms with Crippen LogP contribution in [0.15, 0.2) is 47.4 Å². The highest BCUT2D eigenvalue weighted by atomic mass is 35.5. The molecule has 9 heteroatoms. The van der Waals surface area contributed by atoms with Gasteiger partial charge < -0.3 is 9.47 Å². The molecule has 0 spiro atoms. The molecule has 2 aromatic rings. The molecule has 0 saturated carbocycles. The number of thiocarbonyl (C=S) groups is 1. The van der Waals surface area contributed by atoms with Gasteiger partial charge in [0, 0.05) is 5.56 Å². The quantitative estimate of drug-likeness (QED) is 0.568. The Kier molecular flexibility index (Phi) is 6.23. The van der Waals surface area contributed by atoms with Gasteiger partial charge in [0.25, 0.3) is 11.8 Å². The Morgan fingerprint density at radius 1 is 1.18 bits per heavy atom. The second kappa shape index (κ2) is 8.64. The summed E-state index contributed by atoms with van der Waals surface area (Å²) < 4.78 is 10.9. The number of thioether (sulfide) groups is 1. The van der Waals surface area contributed by atoms with Crippen LogP contribution in [0, 0.1) is 0 Å². The maximum absolute atomic E-state index is 12.8. The van der Waals surface area contributed by atoms with Crippen LogP contribution in [-0.2, 0) is 4.79 Å². The van der Waals surface area contributed by atoms with Gasteiger partial charge in [0.2, 0.25) is 0 Å². The Morgan fingerprint density at radius 2 is 1.93 bits per heavy atom. The molecule has 0 aliphatic carbocycles. The standard InChI is InChI=1S/C19H15ClN2O4S2/c1-25-14-9-5-6-11(16(14)26-2)10-15-18(24)22(19(27)28-15)21-17(23)12-7-3-4-8-13(12)20/h3-10H,1-2H3,(H,21,23).